The molecule has 2 aromatic carbocycles. The average molecular weight is 455 g/mol. The molecule has 1 aliphatic carbocycles. The molecule has 0 N–H and O–H groups in total. The van der Waals surface area contributed by atoms with Crippen LogP contribution in [0.5, 0.6) is 5.75 Å². The molecule has 2 aromatic rings. The molecule has 1 atom stereocenters. The fourth-order valence-electron chi connectivity index (χ4n) is 3.55. The van der Waals surface area contributed by atoms with Crippen molar-refractivity contribution < 1.29 is 27.4 Å². The molecule has 1 fully saturated rings. The minimum Gasteiger partial charge on any atom is -0.482 e. The van der Waals surface area contributed by atoms with Crippen LogP contribution in [0.15, 0.2) is 36.4 Å². The Morgan fingerprint density at radius 1 is 1.16 bits per heavy atom. The predicted octanol–water partition coefficient (Wildman–Crippen LogP) is 6.96. The zero-order chi connectivity index (χ0) is 22.6. The molecule has 168 valence electrons. The van der Waals surface area contributed by atoms with Crippen LogP contribution in [0.4, 0.5) is 13.2 Å². The van der Waals surface area contributed by atoms with Crippen LogP contribution in [-0.4, -0.2) is 25.4 Å². The lowest BCUT2D eigenvalue weighted by Crippen LogP contribution is -2.20. The van der Waals surface area contributed by atoms with Gasteiger partial charge < -0.3 is 9.47 Å². The van der Waals surface area contributed by atoms with Crippen LogP contribution in [0.3, 0.4) is 0 Å². The molecule has 31 heavy (non-hydrogen) atoms. The summed E-state index contributed by atoms with van der Waals surface area (Å²) < 4.78 is 48.8. The molecule has 0 aliphatic heterocycles. The van der Waals surface area contributed by atoms with Crippen molar-refractivity contribution in [3.63, 3.8) is 0 Å². The summed E-state index contributed by atoms with van der Waals surface area (Å²) in [6, 6.07) is 10.7. The highest BCUT2D eigenvalue weighted by atomic mass is 35.5. The van der Waals surface area contributed by atoms with Crippen LogP contribution in [0.1, 0.15) is 50.2 Å². The smallest absolute Gasteiger partial charge is 0.422 e. The fraction of sp³-hybridized carbons (Fsp3) is 0.458. The number of ether oxygens (including phenoxy) is 2. The summed E-state index contributed by atoms with van der Waals surface area (Å²) in [5, 5.41) is 0.0430. The SMILES string of the molecule is CCOC(=O)C(CC1CC1)c1cc(Cl)c(OCC(F)(F)F)c(-c2ccc(CC)cc2)c1. The van der Waals surface area contributed by atoms with E-state index >= 15 is 0 Å². The summed E-state index contributed by atoms with van der Waals surface area (Å²) in [5.41, 5.74) is 2.83. The summed E-state index contributed by atoms with van der Waals surface area (Å²) in [7, 11) is 0. The third-order valence-corrected chi connectivity index (χ3v) is 5.64. The van der Waals surface area contributed by atoms with Crippen molar-refractivity contribution in [2.24, 2.45) is 5.92 Å². The number of alkyl halides is 3. The zero-order valence-electron chi connectivity index (χ0n) is 17.6. The maximum Gasteiger partial charge on any atom is 0.422 e. The first-order valence-corrected chi connectivity index (χ1v) is 10.9. The van der Waals surface area contributed by atoms with Crippen LogP contribution in [-0.2, 0) is 16.0 Å². The van der Waals surface area contributed by atoms with E-state index in [1.165, 1.54) is 6.07 Å². The van der Waals surface area contributed by atoms with Crippen molar-refractivity contribution in [3.8, 4) is 16.9 Å². The van der Waals surface area contributed by atoms with Crippen molar-refractivity contribution in [3.05, 3.63) is 52.5 Å². The van der Waals surface area contributed by atoms with Crippen LogP contribution >= 0.6 is 11.6 Å². The number of hydrogen-bond acceptors (Lipinski definition) is 3. The van der Waals surface area contributed by atoms with E-state index in [1.807, 2.05) is 31.2 Å². The average Bonchev–Trinajstić information content (AvgIpc) is 3.54. The van der Waals surface area contributed by atoms with Gasteiger partial charge >= 0.3 is 12.1 Å². The van der Waals surface area contributed by atoms with E-state index < -0.39 is 18.7 Å². The summed E-state index contributed by atoms with van der Waals surface area (Å²) in [6.45, 7) is 2.57. The van der Waals surface area contributed by atoms with Crippen molar-refractivity contribution >= 4 is 17.6 Å². The molecule has 1 saturated carbocycles. The van der Waals surface area contributed by atoms with Gasteiger partial charge in [0.05, 0.1) is 17.5 Å². The highest BCUT2D eigenvalue weighted by Crippen LogP contribution is 2.44. The molecule has 3 rings (SSSR count). The fourth-order valence-corrected chi connectivity index (χ4v) is 3.83. The number of hydrogen-bond donors (Lipinski definition) is 0. The van der Waals surface area contributed by atoms with E-state index in [4.69, 9.17) is 21.1 Å². The monoisotopic (exact) mass is 454 g/mol. The van der Waals surface area contributed by atoms with E-state index in [1.54, 1.807) is 13.0 Å². The second kappa shape index (κ2) is 9.94. The molecule has 0 spiro atoms. The Labute approximate surface area is 185 Å². The normalized spacial score (nSPS) is 14.9. The lowest BCUT2D eigenvalue weighted by atomic mass is 9.90. The predicted molar refractivity (Wildman–Crippen MR) is 115 cm³/mol. The van der Waals surface area contributed by atoms with Crippen LogP contribution in [0, 0.1) is 5.92 Å². The van der Waals surface area contributed by atoms with Crippen molar-refractivity contribution in [2.45, 2.75) is 51.6 Å². The number of aryl methyl sites for hydroxylation is 1. The van der Waals surface area contributed by atoms with Gasteiger partial charge in [0.25, 0.3) is 0 Å². The first-order valence-electron chi connectivity index (χ1n) is 10.5. The van der Waals surface area contributed by atoms with Gasteiger partial charge in [-0.2, -0.15) is 13.2 Å². The van der Waals surface area contributed by atoms with E-state index in [-0.39, 0.29) is 23.3 Å². The minimum absolute atomic E-state index is 0.0407. The second-order valence-electron chi connectivity index (χ2n) is 7.82. The topological polar surface area (TPSA) is 35.5 Å². The van der Waals surface area contributed by atoms with Gasteiger partial charge in [0, 0.05) is 5.56 Å². The van der Waals surface area contributed by atoms with Crippen molar-refractivity contribution in [1.29, 1.82) is 0 Å². The van der Waals surface area contributed by atoms with Crippen molar-refractivity contribution in [2.75, 3.05) is 13.2 Å². The van der Waals surface area contributed by atoms with E-state index in [0.717, 1.165) is 24.8 Å². The highest BCUT2D eigenvalue weighted by molar-refractivity contribution is 6.32. The quantitative estimate of drug-likeness (QED) is 0.384. The number of benzene rings is 2. The Morgan fingerprint density at radius 2 is 1.84 bits per heavy atom. The van der Waals surface area contributed by atoms with E-state index in [0.29, 0.717) is 29.0 Å². The number of halogens is 4. The summed E-state index contributed by atoms with van der Waals surface area (Å²) in [5.74, 6) is -0.459. The lowest BCUT2D eigenvalue weighted by molar-refractivity contribution is -0.153. The Kier molecular flexibility index (Phi) is 7.52. The Balaban J connectivity index is 2.06. The lowest BCUT2D eigenvalue weighted by Gasteiger charge is -2.20. The molecule has 0 saturated heterocycles. The minimum atomic E-state index is -4.50. The molecular formula is C24H26ClF3O3. The molecule has 7 heteroatoms. The summed E-state index contributed by atoms with van der Waals surface area (Å²) in [4.78, 5) is 12.6. The number of rotatable bonds is 9. The van der Waals surface area contributed by atoms with Crippen LogP contribution in [0.25, 0.3) is 11.1 Å². The standard InChI is InChI=1S/C24H26ClF3O3/c1-3-15-7-9-17(10-8-15)19-12-18(13-21(25)22(19)31-14-24(26,27)28)20(11-16-5-6-16)23(29)30-4-2/h7-10,12-13,16,20H,3-6,11,14H2,1-2H3. The molecule has 0 bridgehead atoms. The van der Waals surface area contributed by atoms with Crippen LogP contribution in [0.2, 0.25) is 5.02 Å². The molecule has 0 aromatic heterocycles. The third-order valence-electron chi connectivity index (χ3n) is 5.36. The first kappa shape index (κ1) is 23.5. The molecule has 1 unspecified atom stereocenters. The van der Waals surface area contributed by atoms with Gasteiger partial charge in [-0.1, -0.05) is 55.6 Å². The molecular weight excluding hydrogens is 429 g/mol. The Bertz CT molecular complexity index is 906. The van der Waals surface area contributed by atoms with Gasteiger partial charge in [-0.05, 0) is 54.5 Å². The van der Waals surface area contributed by atoms with E-state index in [2.05, 4.69) is 0 Å². The molecule has 0 amide bonds. The second-order valence-corrected chi connectivity index (χ2v) is 8.22. The summed E-state index contributed by atoms with van der Waals surface area (Å²) >= 11 is 6.41. The third kappa shape index (κ3) is 6.39. The van der Waals surface area contributed by atoms with Gasteiger partial charge in [0.15, 0.2) is 6.61 Å². The Hall–Kier alpha value is -2.21. The number of carbonyl (C=O) groups is 1. The first-order chi connectivity index (χ1) is 14.7. The maximum atomic E-state index is 12.8. The zero-order valence-corrected chi connectivity index (χ0v) is 18.4. The molecule has 1 aliphatic rings. The van der Waals surface area contributed by atoms with Gasteiger partial charge in [-0.3, -0.25) is 4.79 Å². The number of carbonyl (C=O) groups excluding carboxylic acids is 1. The highest BCUT2D eigenvalue weighted by Gasteiger charge is 2.33. The molecule has 3 nitrogen and oxygen atoms in total. The van der Waals surface area contributed by atoms with Gasteiger partial charge in [0.2, 0.25) is 0 Å². The maximum absolute atomic E-state index is 12.8. The van der Waals surface area contributed by atoms with Gasteiger partial charge in [-0.25, -0.2) is 0 Å². The van der Waals surface area contributed by atoms with Crippen LogP contribution < -0.4 is 4.74 Å². The largest absolute Gasteiger partial charge is 0.482 e. The number of esters is 1. The van der Waals surface area contributed by atoms with Gasteiger partial charge in [-0.15, -0.1) is 0 Å². The van der Waals surface area contributed by atoms with E-state index in [9.17, 15) is 18.0 Å². The summed E-state index contributed by atoms with van der Waals surface area (Å²) in [6.07, 6.45) is -0.911. The Morgan fingerprint density at radius 3 is 2.39 bits per heavy atom. The molecule has 0 heterocycles. The van der Waals surface area contributed by atoms with Crippen molar-refractivity contribution in [1.82, 2.24) is 0 Å². The molecule has 0 radical (unpaired) electrons. The van der Waals surface area contributed by atoms with Gasteiger partial charge in [0.1, 0.15) is 5.75 Å².